The van der Waals surface area contributed by atoms with Gasteiger partial charge in [0.25, 0.3) is 0 Å². The van der Waals surface area contributed by atoms with E-state index in [1.165, 1.54) is 6.08 Å². The topological polar surface area (TPSA) is 47.3 Å². The van der Waals surface area contributed by atoms with E-state index in [1.807, 2.05) is 13.8 Å². The fourth-order valence-corrected chi connectivity index (χ4v) is 2.69. The second-order valence-electron chi connectivity index (χ2n) is 5.76. The van der Waals surface area contributed by atoms with Crippen LogP contribution in [0.4, 0.5) is 13.2 Å². The van der Waals surface area contributed by atoms with Gasteiger partial charge in [-0.1, -0.05) is 26.3 Å². The monoisotopic (exact) mass is 294 g/mol. The minimum absolute atomic E-state index is 0.00291. The molecule has 0 aliphatic heterocycles. The van der Waals surface area contributed by atoms with Gasteiger partial charge < -0.3 is 5.73 Å². The molecular weight excluding hydrogens is 269 g/mol. The number of nitrogens with two attached hydrogens (primary N) is 1. The zero-order chi connectivity index (χ0) is 15.6. The molecule has 0 bridgehead atoms. The summed E-state index contributed by atoms with van der Waals surface area (Å²) < 4.78 is 39.2. The molecule has 1 aliphatic rings. The van der Waals surface area contributed by atoms with Crippen molar-refractivity contribution in [1.82, 2.24) is 5.48 Å². The number of hydroxylamine groups is 1. The van der Waals surface area contributed by atoms with Gasteiger partial charge in [0.1, 0.15) is 0 Å². The Balaban J connectivity index is 2.95. The largest absolute Gasteiger partial charge is 0.412 e. The van der Waals surface area contributed by atoms with Crippen LogP contribution in [0.25, 0.3) is 0 Å². The molecule has 2 unspecified atom stereocenters. The average molecular weight is 294 g/mol. The molecule has 6 heteroatoms. The van der Waals surface area contributed by atoms with Crippen LogP contribution in [0.1, 0.15) is 40.0 Å². The van der Waals surface area contributed by atoms with Gasteiger partial charge in [-0.15, -0.1) is 0 Å². The van der Waals surface area contributed by atoms with Gasteiger partial charge in [-0.3, -0.25) is 4.84 Å². The molecule has 0 heterocycles. The third-order valence-electron chi connectivity index (χ3n) is 4.34. The molecule has 1 rings (SSSR count). The van der Waals surface area contributed by atoms with Crippen molar-refractivity contribution in [3.05, 3.63) is 11.6 Å². The second-order valence-corrected chi connectivity index (χ2v) is 5.76. The Morgan fingerprint density at radius 3 is 2.50 bits per heavy atom. The molecule has 20 heavy (non-hydrogen) atoms. The predicted octanol–water partition coefficient (Wildman–Crippen LogP) is 3.17. The molecule has 1 aliphatic carbocycles. The first-order valence-corrected chi connectivity index (χ1v) is 7.05. The lowest BCUT2D eigenvalue weighted by Gasteiger charge is -2.55. The average Bonchev–Trinajstić information content (AvgIpc) is 2.34. The molecule has 4 atom stereocenters. The van der Waals surface area contributed by atoms with Crippen molar-refractivity contribution >= 4 is 0 Å². The van der Waals surface area contributed by atoms with Crippen LogP contribution >= 0.6 is 0 Å². The van der Waals surface area contributed by atoms with Crippen LogP contribution in [0.2, 0.25) is 0 Å². The molecule has 3 N–H and O–H groups in total. The van der Waals surface area contributed by atoms with Crippen LogP contribution in [0, 0.1) is 11.8 Å². The molecule has 0 amide bonds. The van der Waals surface area contributed by atoms with Crippen molar-refractivity contribution in [3.8, 4) is 0 Å². The zero-order valence-corrected chi connectivity index (χ0v) is 12.6. The summed E-state index contributed by atoms with van der Waals surface area (Å²) in [5, 5.41) is 0. The first-order valence-electron chi connectivity index (χ1n) is 7.05. The summed E-state index contributed by atoms with van der Waals surface area (Å²) in [6, 6.07) is 0. The van der Waals surface area contributed by atoms with Gasteiger partial charge in [0.15, 0.2) is 0 Å². The van der Waals surface area contributed by atoms with Crippen LogP contribution in [-0.2, 0) is 4.84 Å². The summed E-state index contributed by atoms with van der Waals surface area (Å²) in [5.41, 5.74) is 7.52. The third kappa shape index (κ3) is 3.54. The Hall–Kier alpha value is -0.590. The SMILES string of the molecule is CCCCC(=CC1[C@H](ONC)[C@H](C)C1(C)N)C(F)(F)F. The molecular formula is C14H25F3N2O. The Labute approximate surface area is 118 Å². The molecule has 0 radical (unpaired) electrons. The summed E-state index contributed by atoms with van der Waals surface area (Å²) in [6.45, 7) is 5.55. The van der Waals surface area contributed by atoms with Crippen LogP contribution in [0.5, 0.6) is 0 Å². The normalized spacial score (nSPS) is 35.0. The van der Waals surface area contributed by atoms with Gasteiger partial charge in [0.05, 0.1) is 6.10 Å². The Bertz CT molecular complexity index is 353. The zero-order valence-electron chi connectivity index (χ0n) is 12.6. The number of unbranched alkanes of at least 4 members (excludes halogenated alkanes) is 1. The summed E-state index contributed by atoms with van der Waals surface area (Å²) >= 11 is 0. The maximum Gasteiger partial charge on any atom is 0.412 e. The van der Waals surface area contributed by atoms with Gasteiger partial charge in [-0.2, -0.15) is 13.2 Å². The number of alkyl halides is 3. The lowest BCUT2D eigenvalue weighted by molar-refractivity contribution is -0.157. The smallest absolute Gasteiger partial charge is 0.324 e. The lowest BCUT2D eigenvalue weighted by atomic mass is 9.58. The number of nitrogens with one attached hydrogen (secondary N) is 1. The van der Waals surface area contributed by atoms with Crippen molar-refractivity contribution in [2.45, 2.75) is 57.9 Å². The van der Waals surface area contributed by atoms with Crippen LogP contribution in [0.3, 0.4) is 0 Å². The lowest BCUT2D eigenvalue weighted by Crippen LogP contribution is -2.69. The van der Waals surface area contributed by atoms with Gasteiger partial charge in [-0.25, -0.2) is 5.48 Å². The van der Waals surface area contributed by atoms with E-state index in [2.05, 4.69) is 5.48 Å². The predicted molar refractivity (Wildman–Crippen MR) is 72.8 cm³/mol. The van der Waals surface area contributed by atoms with E-state index in [0.29, 0.717) is 6.42 Å². The summed E-state index contributed by atoms with van der Waals surface area (Å²) in [4.78, 5) is 5.31. The number of hydrogen-bond acceptors (Lipinski definition) is 3. The molecule has 1 fully saturated rings. The number of halogens is 3. The molecule has 0 saturated heterocycles. The highest BCUT2D eigenvalue weighted by Gasteiger charge is 2.55. The highest BCUT2D eigenvalue weighted by molar-refractivity contribution is 5.22. The van der Waals surface area contributed by atoms with Gasteiger partial charge in [0, 0.05) is 30.0 Å². The number of hydrogen-bond donors (Lipinski definition) is 2. The minimum atomic E-state index is -4.30. The second kappa shape index (κ2) is 6.45. The van der Waals surface area contributed by atoms with E-state index < -0.39 is 23.2 Å². The first-order chi connectivity index (χ1) is 9.16. The Kier molecular flexibility index (Phi) is 5.63. The molecule has 118 valence electrons. The minimum Gasteiger partial charge on any atom is -0.324 e. The number of allylic oxidation sites excluding steroid dienone is 1. The Morgan fingerprint density at radius 2 is 2.05 bits per heavy atom. The molecule has 1 saturated carbocycles. The molecule has 3 nitrogen and oxygen atoms in total. The molecule has 0 spiro atoms. The van der Waals surface area contributed by atoms with Gasteiger partial charge in [-0.05, 0) is 19.8 Å². The third-order valence-corrected chi connectivity index (χ3v) is 4.34. The quantitative estimate of drug-likeness (QED) is 0.584. The van der Waals surface area contributed by atoms with Crippen molar-refractivity contribution < 1.29 is 18.0 Å². The maximum absolute atomic E-state index is 13.1. The molecule has 0 aromatic heterocycles. The van der Waals surface area contributed by atoms with Crippen LogP contribution in [-0.4, -0.2) is 24.9 Å². The maximum atomic E-state index is 13.1. The molecule has 0 aromatic carbocycles. The first kappa shape index (κ1) is 17.5. The van der Waals surface area contributed by atoms with E-state index in [1.54, 1.807) is 14.0 Å². The summed E-state index contributed by atoms with van der Waals surface area (Å²) in [5.74, 6) is -0.435. The Morgan fingerprint density at radius 1 is 1.45 bits per heavy atom. The van der Waals surface area contributed by atoms with E-state index in [0.717, 1.165) is 6.42 Å². The van der Waals surface area contributed by atoms with E-state index in [9.17, 15) is 13.2 Å². The summed E-state index contributed by atoms with van der Waals surface area (Å²) in [7, 11) is 1.60. The fraction of sp³-hybridized carbons (Fsp3) is 0.857. The van der Waals surface area contributed by atoms with E-state index in [-0.39, 0.29) is 18.4 Å². The van der Waals surface area contributed by atoms with Crippen molar-refractivity contribution in [2.24, 2.45) is 17.6 Å². The van der Waals surface area contributed by atoms with Gasteiger partial charge >= 0.3 is 6.18 Å². The summed E-state index contributed by atoms with van der Waals surface area (Å²) in [6.07, 6.45) is -2.06. The molecule has 0 aromatic rings. The number of rotatable bonds is 6. The van der Waals surface area contributed by atoms with Crippen LogP contribution in [0.15, 0.2) is 11.6 Å². The fourth-order valence-electron chi connectivity index (χ4n) is 2.69. The van der Waals surface area contributed by atoms with Crippen molar-refractivity contribution in [2.75, 3.05) is 7.05 Å². The van der Waals surface area contributed by atoms with E-state index in [4.69, 9.17) is 10.6 Å². The highest BCUT2D eigenvalue weighted by atomic mass is 19.4. The van der Waals surface area contributed by atoms with E-state index >= 15 is 0 Å². The highest BCUT2D eigenvalue weighted by Crippen LogP contribution is 2.46. The van der Waals surface area contributed by atoms with Crippen LogP contribution < -0.4 is 11.2 Å². The van der Waals surface area contributed by atoms with Crippen molar-refractivity contribution in [3.63, 3.8) is 0 Å². The van der Waals surface area contributed by atoms with Crippen molar-refractivity contribution in [1.29, 1.82) is 0 Å². The van der Waals surface area contributed by atoms with Gasteiger partial charge in [0.2, 0.25) is 0 Å². The standard InChI is InChI=1S/C14H25F3N2O/c1-5-6-7-10(14(15,16)17)8-11-12(20-19-4)9(2)13(11,3)18/h8-9,11-12,19H,5-7,18H2,1-4H3/t9-,11?,12+,13?/m0/s1.